The van der Waals surface area contributed by atoms with Crippen LogP contribution >= 0.6 is 0 Å². The molecule has 0 aromatic heterocycles. The predicted octanol–water partition coefficient (Wildman–Crippen LogP) is 2.18. The van der Waals surface area contributed by atoms with Crippen molar-refractivity contribution in [1.29, 1.82) is 0 Å². The lowest BCUT2D eigenvalue weighted by atomic mass is 9.78. The second-order valence-electron chi connectivity index (χ2n) is 7.43. The maximum Gasteiger partial charge on any atom is 0.166 e. The maximum absolute atomic E-state index is 10.7. The summed E-state index contributed by atoms with van der Waals surface area (Å²) in [7, 11) is 0. The van der Waals surface area contributed by atoms with Gasteiger partial charge >= 0.3 is 0 Å². The molecule has 2 aliphatic heterocycles. The van der Waals surface area contributed by atoms with E-state index in [1.165, 1.54) is 0 Å². The van der Waals surface area contributed by atoms with Crippen LogP contribution in [0.4, 0.5) is 0 Å². The Bertz CT molecular complexity index is 431. The first-order chi connectivity index (χ1) is 10.2. The van der Waals surface area contributed by atoms with Crippen molar-refractivity contribution < 1.29 is 19.7 Å². The van der Waals surface area contributed by atoms with Crippen LogP contribution in [0.1, 0.15) is 47.5 Å². The third-order valence-corrected chi connectivity index (χ3v) is 5.68. The van der Waals surface area contributed by atoms with E-state index in [9.17, 15) is 10.2 Å². The molecule has 4 heteroatoms. The SMILES string of the molecule is C#C[C@H](C)[C@H](O)[C@@H](C)[C@@H](O)[C@@H](C)[C@@H]1O[C@@]2(C)CC[C@H](O2)[C@H]1C. The second kappa shape index (κ2) is 6.49. The smallest absolute Gasteiger partial charge is 0.166 e. The highest BCUT2D eigenvalue weighted by atomic mass is 16.7. The first-order valence-electron chi connectivity index (χ1n) is 8.38. The molecular weight excluding hydrogens is 280 g/mol. The van der Waals surface area contributed by atoms with Crippen molar-refractivity contribution in [3.63, 3.8) is 0 Å². The largest absolute Gasteiger partial charge is 0.392 e. The second-order valence-corrected chi connectivity index (χ2v) is 7.43. The molecule has 0 aromatic rings. The molecule has 0 aromatic carbocycles. The van der Waals surface area contributed by atoms with E-state index in [1.54, 1.807) is 6.92 Å². The lowest BCUT2D eigenvalue weighted by Crippen LogP contribution is -2.52. The maximum atomic E-state index is 10.7. The van der Waals surface area contributed by atoms with E-state index in [4.69, 9.17) is 15.9 Å². The average Bonchev–Trinajstić information content (AvgIpc) is 2.85. The fraction of sp³-hybridized carbons (Fsp3) is 0.889. The van der Waals surface area contributed by atoms with Gasteiger partial charge < -0.3 is 19.7 Å². The van der Waals surface area contributed by atoms with Gasteiger partial charge in [-0.3, -0.25) is 0 Å². The van der Waals surface area contributed by atoms with Gasteiger partial charge in [0, 0.05) is 30.1 Å². The van der Waals surface area contributed by atoms with Crippen molar-refractivity contribution in [2.24, 2.45) is 23.7 Å². The molecule has 126 valence electrons. The van der Waals surface area contributed by atoms with Crippen LogP contribution in [-0.4, -0.2) is 40.4 Å². The molecule has 2 bridgehead atoms. The third-order valence-electron chi connectivity index (χ3n) is 5.68. The number of aliphatic hydroxyl groups excluding tert-OH is 2. The van der Waals surface area contributed by atoms with E-state index in [0.29, 0.717) is 0 Å². The van der Waals surface area contributed by atoms with Crippen molar-refractivity contribution in [2.45, 2.75) is 77.7 Å². The molecular formula is C18H30O4. The Morgan fingerprint density at radius 2 is 1.82 bits per heavy atom. The molecule has 0 unspecified atom stereocenters. The standard InChI is InChI=1S/C18H30O4/c1-7-10(2)15(19)12(4)16(20)13(5)17-11(3)14-8-9-18(6,21-14)22-17/h1,10-17,19-20H,8-9H2,2-6H3/t10-,11+,12+,13+,14-,15-,16+,17+,18-/m0/s1. The number of aliphatic hydroxyl groups is 2. The van der Waals surface area contributed by atoms with Crippen LogP contribution in [0.3, 0.4) is 0 Å². The van der Waals surface area contributed by atoms with Crippen LogP contribution in [0.2, 0.25) is 0 Å². The number of hydrogen-bond acceptors (Lipinski definition) is 4. The first kappa shape index (κ1) is 17.7. The molecule has 0 radical (unpaired) electrons. The van der Waals surface area contributed by atoms with Crippen LogP contribution in [0.25, 0.3) is 0 Å². The van der Waals surface area contributed by atoms with Crippen LogP contribution in [-0.2, 0) is 9.47 Å². The molecule has 2 rings (SSSR count). The van der Waals surface area contributed by atoms with E-state index in [2.05, 4.69) is 12.8 Å². The number of hydrogen-bond donors (Lipinski definition) is 2. The summed E-state index contributed by atoms with van der Waals surface area (Å²) in [6.07, 6.45) is 6.02. The Morgan fingerprint density at radius 3 is 2.41 bits per heavy atom. The van der Waals surface area contributed by atoms with Crippen LogP contribution in [0.5, 0.6) is 0 Å². The van der Waals surface area contributed by atoms with Gasteiger partial charge in [-0.2, -0.15) is 0 Å². The topological polar surface area (TPSA) is 58.9 Å². The lowest BCUT2D eigenvalue weighted by molar-refractivity contribution is -0.309. The van der Waals surface area contributed by atoms with E-state index >= 15 is 0 Å². The Morgan fingerprint density at radius 1 is 1.18 bits per heavy atom. The zero-order chi connectivity index (χ0) is 16.7. The Hall–Kier alpha value is -0.600. The van der Waals surface area contributed by atoms with Crippen molar-refractivity contribution in [3.05, 3.63) is 0 Å². The molecule has 2 aliphatic rings. The Kier molecular flexibility index (Phi) is 5.23. The molecule has 2 saturated heterocycles. The van der Waals surface area contributed by atoms with Gasteiger partial charge in [-0.1, -0.05) is 20.8 Å². The van der Waals surface area contributed by atoms with Crippen LogP contribution in [0, 0.1) is 36.0 Å². The first-order valence-corrected chi connectivity index (χ1v) is 8.38. The molecule has 9 atom stereocenters. The average molecular weight is 310 g/mol. The van der Waals surface area contributed by atoms with Gasteiger partial charge in [0.2, 0.25) is 0 Å². The fourth-order valence-corrected chi connectivity index (χ4v) is 3.92. The fourth-order valence-electron chi connectivity index (χ4n) is 3.92. The molecule has 22 heavy (non-hydrogen) atoms. The lowest BCUT2D eigenvalue weighted by Gasteiger charge is -2.45. The highest BCUT2D eigenvalue weighted by molar-refractivity contribution is 4.99. The summed E-state index contributed by atoms with van der Waals surface area (Å²) >= 11 is 0. The van der Waals surface area contributed by atoms with Crippen molar-refractivity contribution in [1.82, 2.24) is 0 Å². The molecule has 0 amide bonds. The van der Waals surface area contributed by atoms with Crippen molar-refractivity contribution >= 4 is 0 Å². The summed E-state index contributed by atoms with van der Waals surface area (Å²) in [5.74, 6) is 1.58. The Balaban J connectivity index is 2.07. The quantitative estimate of drug-likeness (QED) is 0.764. The molecule has 2 heterocycles. The van der Waals surface area contributed by atoms with Crippen molar-refractivity contribution in [2.75, 3.05) is 0 Å². The Labute approximate surface area is 134 Å². The molecule has 2 N–H and O–H groups in total. The van der Waals surface area contributed by atoms with Crippen LogP contribution in [0.15, 0.2) is 0 Å². The minimum absolute atomic E-state index is 0.0722. The van der Waals surface area contributed by atoms with Gasteiger partial charge in [-0.25, -0.2) is 0 Å². The van der Waals surface area contributed by atoms with Gasteiger partial charge in [-0.05, 0) is 20.3 Å². The van der Waals surface area contributed by atoms with E-state index in [1.807, 2.05) is 20.8 Å². The number of terminal acetylenes is 1. The zero-order valence-electron chi connectivity index (χ0n) is 14.3. The normalized spacial score (nSPS) is 41.3. The van der Waals surface area contributed by atoms with Crippen molar-refractivity contribution in [3.8, 4) is 12.3 Å². The number of rotatable bonds is 5. The highest BCUT2D eigenvalue weighted by Gasteiger charge is 2.51. The molecule has 4 nitrogen and oxygen atoms in total. The minimum Gasteiger partial charge on any atom is -0.392 e. The summed E-state index contributed by atoms with van der Waals surface area (Å²) in [4.78, 5) is 0. The van der Waals surface area contributed by atoms with E-state index in [-0.39, 0.29) is 35.9 Å². The molecule has 2 fully saturated rings. The van der Waals surface area contributed by atoms with Crippen LogP contribution < -0.4 is 0 Å². The minimum atomic E-state index is -0.718. The zero-order valence-corrected chi connectivity index (χ0v) is 14.3. The molecule has 0 saturated carbocycles. The van der Waals surface area contributed by atoms with Gasteiger partial charge in [0.1, 0.15) is 0 Å². The summed E-state index contributed by atoms with van der Waals surface area (Å²) in [5, 5.41) is 21.0. The summed E-state index contributed by atoms with van der Waals surface area (Å²) in [5.41, 5.74) is 0. The molecule has 0 spiro atoms. The van der Waals surface area contributed by atoms with Gasteiger partial charge in [0.25, 0.3) is 0 Å². The summed E-state index contributed by atoms with van der Waals surface area (Å²) in [6.45, 7) is 9.73. The molecule has 0 aliphatic carbocycles. The predicted molar refractivity (Wildman–Crippen MR) is 84.9 cm³/mol. The monoisotopic (exact) mass is 310 g/mol. The summed E-state index contributed by atoms with van der Waals surface area (Å²) in [6, 6.07) is 0. The number of ether oxygens (including phenoxy) is 2. The summed E-state index contributed by atoms with van der Waals surface area (Å²) < 4.78 is 12.1. The highest BCUT2D eigenvalue weighted by Crippen LogP contribution is 2.45. The number of fused-ring (bicyclic) bond motifs is 2. The van der Waals surface area contributed by atoms with Gasteiger partial charge in [0.05, 0.1) is 24.4 Å². The third kappa shape index (κ3) is 3.19. The van der Waals surface area contributed by atoms with Gasteiger partial charge in [-0.15, -0.1) is 12.3 Å². The van der Waals surface area contributed by atoms with Gasteiger partial charge in [0.15, 0.2) is 5.79 Å². The van der Waals surface area contributed by atoms with E-state index < -0.39 is 18.0 Å². The van der Waals surface area contributed by atoms with E-state index in [0.717, 1.165) is 12.8 Å².